The van der Waals surface area contributed by atoms with Gasteiger partial charge in [-0.25, -0.2) is 8.78 Å². The van der Waals surface area contributed by atoms with Gasteiger partial charge >= 0.3 is 5.97 Å². The molecule has 1 unspecified atom stereocenters. The van der Waals surface area contributed by atoms with Crippen molar-refractivity contribution in [2.75, 3.05) is 6.67 Å². The van der Waals surface area contributed by atoms with Crippen LogP contribution in [0.3, 0.4) is 0 Å². The number of Topliss-reactive ketones (excluding diaryl/α,β-unsaturated/α-hetero) is 1. The van der Waals surface area contributed by atoms with Crippen LogP contribution < -0.4 is 5.32 Å². The molecule has 1 aromatic rings. The van der Waals surface area contributed by atoms with Crippen LogP contribution in [0.4, 0.5) is 8.78 Å². The van der Waals surface area contributed by atoms with Crippen LogP contribution in [-0.4, -0.2) is 35.5 Å². The maximum Gasteiger partial charge on any atom is 0.305 e. The predicted molar refractivity (Wildman–Crippen MR) is 60.9 cm³/mol. The average molecular weight is 271 g/mol. The van der Waals surface area contributed by atoms with E-state index in [1.807, 2.05) is 5.32 Å². The zero-order valence-corrected chi connectivity index (χ0v) is 9.73. The summed E-state index contributed by atoms with van der Waals surface area (Å²) in [5, 5.41) is 10.6. The molecule has 0 aliphatic carbocycles. The van der Waals surface area contributed by atoms with E-state index in [9.17, 15) is 23.2 Å². The first-order valence-electron chi connectivity index (χ1n) is 5.31. The van der Waals surface area contributed by atoms with Gasteiger partial charge in [0, 0.05) is 0 Å². The quantitative estimate of drug-likeness (QED) is 0.806. The maximum absolute atomic E-state index is 13.3. The van der Waals surface area contributed by atoms with Crippen LogP contribution in [0.15, 0.2) is 24.3 Å². The molecule has 5 nitrogen and oxygen atoms in total. The highest BCUT2D eigenvalue weighted by molar-refractivity contribution is 5.99. The molecule has 0 spiro atoms. The zero-order valence-electron chi connectivity index (χ0n) is 9.73. The molecule has 1 aromatic carbocycles. The molecule has 0 radical (unpaired) electrons. The molecule has 0 saturated heterocycles. The Bertz CT molecular complexity index is 504. The second-order valence-corrected chi connectivity index (χ2v) is 3.70. The van der Waals surface area contributed by atoms with E-state index in [1.165, 1.54) is 18.2 Å². The van der Waals surface area contributed by atoms with Gasteiger partial charge < -0.3 is 10.4 Å². The van der Waals surface area contributed by atoms with Crippen LogP contribution >= 0.6 is 0 Å². The van der Waals surface area contributed by atoms with Crippen LogP contribution in [-0.2, 0) is 9.59 Å². The van der Waals surface area contributed by atoms with Crippen molar-refractivity contribution in [2.24, 2.45) is 0 Å². The summed E-state index contributed by atoms with van der Waals surface area (Å²) >= 11 is 0. The van der Waals surface area contributed by atoms with E-state index in [0.717, 1.165) is 6.07 Å². The van der Waals surface area contributed by atoms with Crippen LogP contribution in [0.5, 0.6) is 0 Å². The Morgan fingerprint density at radius 2 is 1.89 bits per heavy atom. The molecule has 102 valence electrons. The maximum atomic E-state index is 13.3. The third-order valence-electron chi connectivity index (χ3n) is 2.32. The van der Waals surface area contributed by atoms with E-state index >= 15 is 0 Å². The van der Waals surface area contributed by atoms with Crippen LogP contribution in [0, 0.1) is 5.82 Å². The molecule has 0 saturated carbocycles. The van der Waals surface area contributed by atoms with Gasteiger partial charge in [-0.3, -0.25) is 14.4 Å². The molecule has 0 aliphatic heterocycles. The van der Waals surface area contributed by atoms with Gasteiger partial charge in [0.05, 0.1) is 12.0 Å². The monoisotopic (exact) mass is 271 g/mol. The van der Waals surface area contributed by atoms with Crippen molar-refractivity contribution in [3.63, 3.8) is 0 Å². The van der Waals surface area contributed by atoms with E-state index in [-0.39, 0.29) is 5.56 Å². The third-order valence-corrected chi connectivity index (χ3v) is 2.32. The minimum absolute atomic E-state index is 0.343. The molecule has 0 fully saturated rings. The second-order valence-electron chi connectivity index (χ2n) is 3.70. The van der Waals surface area contributed by atoms with Crippen LogP contribution in [0.25, 0.3) is 0 Å². The molecular weight excluding hydrogens is 260 g/mol. The van der Waals surface area contributed by atoms with Crippen molar-refractivity contribution in [2.45, 2.75) is 12.5 Å². The molecule has 1 atom stereocenters. The van der Waals surface area contributed by atoms with E-state index in [1.54, 1.807) is 0 Å². The number of hydrogen-bond donors (Lipinski definition) is 2. The normalized spacial score (nSPS) is 11.7. The van der Waals surface area contributed by atoms with Gasteiger partial charge in [0.25, 0.3) is 5.91 Å². The smallest absolute Gasteiger partial charge is 0.305 e. The van der Waals surface area contributed by atoms with Crippen molar-refractivity contribution >= 4 is 17.7 Å². The molecule has 2 N–H and O–H groups in total. The average Bonchev–Trinajstić information content (AvgIpc) is 2.36. The number of alkyl halides is 1. The number of carboxylic acids is 1. The number of ketones is 1. The first kappa shape index (κ1) is 14.7. The molecule has 0 aromatic heterocycles. The predicted octanol–water partition coefficient (Wildman–Crippen LogP) is 0.937. The number of carboxylic acid groups (broad SMARTS) is 1. The third kappa shape index (κ3) is 4.13. The summed E-state index contributed by atoms with van der Waals surface area (Å²) < 4.78 is 25.6. The molecule has 7 heteroatoms. The Morgan fingerprint density at radius 1 is 1.26 bits per heavy atom. The fourth-order valence-electron chi connectivity index (χ4n) is 1.39. The highest BCUT2D eigenvalue weighted by Crippen LogP contribution is 2.07. The van der Waals surface area contributed by atoms with E-state index in [4.69, 9.17) is 5.11 Å². The lowest BCUT2D eigenvalue weighted by molar-refractivity contribution is -0.139. The van der Waals surface area contributed by atoms with Crippen molar-refractivity contribution in [3.05, 3.63) is 35.6 Å². The van der Waals surface area contributed by atoms with Gasteiger partial charge in [0.2, 0.25) is 0 Å². The zero-order chi connectivity index (χ0) is 14.4. The first-order chi connectivity index (χ1) is 8.95. The molecule has 0 aliphatic rings. The molecule has 0 heterocycles. The summed E-state index contributed by atoms with van der Waals surface area (Å²) in [6.07, 6.45) is -0.761. The van der Waals surface area contributed by atoms with Gasteiger partial charge in [-0.05, 0) is 12.1 Å². The highest BCUT2D eigenvalue weighted by Gasteiger charge is 2.24. The number of hydrogen-bond acceptors (Lipinski definition) is 3. The van der Waals surface area contributed by atoms with Crippen LogP contribution in [0.1, 0.15) is 16.8 Å². The lowest BCUT2D eigenvalue weighted by Gasteiger charge is -2.14. The standard InChI is InChI=1S/C12H11F2NO4/c13-6-10(16)9(5-11(17)18)15-12(19)7-3-1-2-4-8(7)14/h1-4,9H,5-6H2,(H,15,19)(H,17,18). The fourth-order valence-corrected chi connectivity index (χ4v) is 1.39. The summed E-state index contributed by atoms with van der Waals surface area (Å²) in [6.45, 7) is -1.41. The van der Waals surface area contributed by atoms with Gasteiger partial charge in [-0.15, -0.1) is 0 Å². The fraction of sp³-hybridized carbons (Fsp3) is 0.250. The Labute approximate surface area is 107 Å². The van der Waals surface area contributed by atoms with Crippen molar-refractivity contribution in [1.82, 2.24) is 5.32 Å². The van der Waals surface area contributed by atoms with E-state index in [0.29, 0.717) is 0 Å². The van der Waals surface area contributed by atoms with Crippen LogP contribution in [0.2, 0.25) is 0 Å². The molecule has 1 rings (SSSR count). The number of carbonyl (C=O) groups is 3. The van der Waals surface area contributed by atoms with Gasteiger partial charge in [0.15, 0.2) is 5.78 Å². The largest absolute Gasteiger partial charge is 0.481 e. The molecule has 1 amide bonds. The highest BCUT2D eigenvalue weighted by atomic mass is 19.1. The number of carbonyl (C=O) groups excluding carboxylic acids is 2. The Kier molecular flexibility index (Phi) is 5.11. The number of rotatable bonds is 6. The number of amides is 1. The first-order valence-corrected chi connectivity index (χ1v) is 5.31. The van der Waals surface area contributed by atoms with Crippen molar-refractivity contribution in [1.29, 1.82) is 0 Å². The van der Waals surface area contributed by atoms with Crippen molar-refractivity contribution in [3.8, 4) is 0 Å². The summed E-state index contributed by atoms with van der Waals surface area (Å²) in [4.78, 5) is 33.3. The molecule has 19 heavy (non-hydrogen) atoms. The summed E-state index contributed by atoms with van der Waals surface area (Å²) in [7, 11) is 0. The topological polar surface area (TPSA) is 83.5 Å². The SMILES string of the molecule is O=C(O)CC(NC(=O)c1ccccc1F)C(=O)CF. The summed E-state index contributed by atoms with van der Waals surface area (Å²) in [5.74, 6) is -4.24. The van der Waals surface area contributed by atoms with E-state index < -0.39 is 42.6 Å². The summed E-state index contributed by atoms with van der Waals surface area (Å²) in [6, 6.07) is 3.46. The van der Waals surface area contributed by atoms with E-state index in [2.05, 4.69) is 0 Å². The Morgan fingerprint density at radius 3 is 2.42 bits per heavy atom. The van der Waals surface area contributed by atoms with Gasteiger partial charge in [0.1, 0.15) is 18.5 Å². The lowest BCUT2D eigenvalue weighted by Crippen LogP contribution is -2.43. The molecular formula is C12H11F2NO4. The minimum atomic E-state index is -1.52. The number of aliphatic carboxylic acids is 1. The Balaban J connectivity index is 2.85. The lowest BCUT2D eigenvalue weighted by atomic mass is 10.1. The van der Waals surface area contributed by atoms with Gasteiger partial charge in [-0.1, -0.05) is 12.1 Å². The Hall–Kier alpha value is -2.31. The number of halogens is 2. The molecule has 0 bridgehead atoms. The number of benzene rings is 1. The number of nitrogens with one attached hydrogen (secondary N) is 1. The summed E-state index contributed by atoms with van der Waals surface area (Å²) in [5.41, 5.74) is -0.343. The van der Waals surface area contributed by atoms with Crippen molar-refractivity contribution < 1.29 is 28.3 Å². The minimum Gasteiger partial charge on any atom is -0.481 e. The second kappa shape index (κ2) is 6.58. The van der Waals surface area contributed by atoms with Gasteiger partial charge in [-0.2, -0.15) is 0 Å².